The van der Waals surface area contributed by atoms with Gasteiger partial charge in [0, 0.05) is 18.0 Å². The van der Waals surface area contributed by atoms with Crippen LogP contribution < -0.4 is 5.32 Å². The molecule has 2 aromatic carbocycles. The maximum Gasteiger partial charge on any atom is 0.407 e. The van der Waals surface area contributed by atoms with Crippen molar-refractivity contribution in [2.24, 2.45) is 0 Å². The quantitative estimate of drug-likeness (QED) is 0.488. The number of ketones is 1. The lowest BCUT2D eigenvalue weighted by atomic mass is 9.98. The normalized spacial score (nSPS) is 14.4. The molecule has 1 aliphatic carbocycles. The van der Waals surface area contributed by atoms with Gasteiger partial charge in [-0.25, -0.2) is 4.79 Å². The van der Waals surface area contributed by atoms with Crippen molar-refractivity contribution in [2.75, 3.05) is 13.2 Å². The topological polar surface area (TPSA) is 95.9 Å². The van der Waals surface area contributed by atoms with E-state index in [2.05, 4.69) is 17.4 Å². The number of fused-ring (bicyclic) bond motifs is 3. The standard InChI is InChI=1S/C24H23NO5S/c1-14(26)23-19(10-11-31-23)22(28)21(27)12-25-24(29)30-13-20-17-8-4-2-6-15(17)16-7-3-5-9-18(16)20/h2-11,20-22,27-28H,12-13H2,1H3,(H,25,29). The van der Waals surface area contributed by atoms with Gasteiger partial charge in [-0.15, -0.1) is 11.3 Å². The average molecular weight is 438 g/mol. The number of carbonyl (C=O) groups is 2. The Morgan fingerprint density at radius 2 is 1.65 bits per heavy atom. The lowest BCUT2D eigenvalue weighted by molar-refractivity contribution is 0.0184. The number of Topliss-reactive ketones (excluding diaryl/α,β-unsaturated/α-hetero) is 1. The third-order valence-corrected chi connectivity index (χ3v) is 6.53. The van der Waals surface area contributed by atoms with Gasteiger partial charge < -0.3 is 20.3 Å². The Bertz CT molecular complexity index is 1060. The van der Waals surface area contributed by atoms with Gasteiger partial charge in [-0.2, -0.15) is 0 Å². The summed E-state index contributed by atoms with van der Waals surface area (Å²) in [5, 5.41) is 24.8. The molecule has 2 unspecified atom stereocenters. The van der Waals surface area contributed by atoms with E-state index in [0.717, 1.165) is 22.3 Å². The van der Waals surface area contributed by atoms with E-state index in [1.807, 2.05) is 36.4 Å². The highest BCUT2D eigenvalue weighted by molar-refractivity contribution is 7.12. The Balaban J connectivity index is 1.35. The smallest absolute Gasteiger partial charge is 0.407 e. The van der Waals surface area contributed by atoms with Crippen LogP contribution in [0.5, 0.6) is 0 Å². The van der Waals surface area contributed by atoms with Crippen LogP contribution in [0.25, 0.3) is 11.1 Å². The van der Waals surface area contributed by atoms with Crippen LogP contribution in [0.1, 0.15) is 45.3 Å². The zero-order chi connectivity index (χ0) is 22.0. The summed E-state index contributed by atoms with van der Waals surface area (Å²) in [5.41, 5.74) is 4.87. The molecular formula is C24H23NO5S. The Morgan fingerprint density at radius 1 is 1.03 bits per heavy atom. The first-order valence-corrected chi connectivity index (χ1v) is 10.9. The van der Waals surface area contributed by atoms with E-state index in [9.17, 15) is 19.8 Å². The van der Waals surface area contributed by atoms with Gasteiger partial charge in [-0.1, -0.05) is 48.5 Å². The predicted octanol–water partition coefficient (Wildman–Crippen LogP) is 3.88. The molecule has 3 N–H and O–H groups in total. The van der Waals surface area contributed by atoms with Gasteiger partial charge in [0.15, 0.2) is 5.78 Å². The predicted molar refractivity (Wildman–Crippen MR) is 118 cm³/mol. The van der Waals surface area contributed by atoms with Crippen LogP contribution in [0.15, 0.2) is 60.0 Å². The Labute approximate surface area is 184 Å². The summed E-state index contributed by atoms with van der Waals surface area (Å²) in [5.74, 6) is -0.238. The Hall–Kier alpha value is -3.00. The third kappa shape index (κ3) is 4.25. The second kappa shape index (κ2) is 9.01. The second-order valence-electron chi connectivity index (χ2n) is 7.48. The first-order valence-electron chi connectivity index (χ1n) is 10.0. The highest BCUT2D eigenvalue weighted by atomic mass is 32.1. The molecule has 31 heavy (non-hydrogen) atoms. The van der Waals surface area contributed by atoms with Crippen LogP contribution in [0.4, 0.5) is 4.79 Å². The number of carbonyl (C=O) groups excluding carboxylic acids is 2. The van der Waals surface area contributed by atoms with Gasteiger partial charge >= 0.3 is 6.09 Å². The van der Waals surface area contributed by atoms with Gasteiger partial charge in [0.05, 0.1) is 4.88 Å². The third-order valence-electron chi connectivity index (χ3n) is 5.50. The summed E-state index contributed by atoms with van der Waals surface area (Å²) in [6, 6.07) is 17.7. The molecule has 1 aromatic heterocycles. The van der Waals surface area contributed by atoms with Crippen molar-refractivity contribution in [1.82, 2.24) is 5.32 Å². The molecule has 1 heterocycles. The van der Waals surface area contributed by atoms with Crippen LogP contribution in [-0.2, 0) is 4.74 Å². The number of aliphatic hydroxyl groups excluding tert-OH is 2. The van der Waals surface area contributed by atoms with Crippen molar-refractivity contribution < 1.29 is 24.5 Å². The van der Waals surface area contributed by atoms with Crippen molar-refractivity contribution >= 4 is 23.2 Å². The Morgan fingerprint density at radius 3 is 2.26 bits per heavy atom. The summed E-state index contributed by atoms with van der Waals surface area (Å²) in [7, 11) is 0. The maximum atomic E-state index is 12.2. The molecule has 4 rings (SSSR count). The highest BCUT2D eigenvalue weighted by Crippen LogP contribution is 2.44. The van der Waals surface area contributed by atoms with Crippen molar-refractivity contribution in [1.29, 1.82) is 0 Å². The summed E-state index contributed by atoms with van der Waals surface area (Å²) in [6.45, 7) is 1.37. The monoisotopic (exact) mass is 437 g/mol. The van der Waals surface area contributed by atoms with Gasteiger partial charge in [0.2, 0.25) is 0 Å². The number of aliphatic hydroxyl groups is 2. The van der Waals surface area contributed by atoms with Crippen molar-refractivity contribution in [2.45, 2.75) is 25.0 Å². The van der Waals surface area contributed by atoms with Gasteiger partial charge in [0.25, 0.3) is 0 Å². The maximum absolute atomic E-state index is 12.2. The van der Waals surface area contributed by atoms with Gasteiger partial charge in [-0.05, 0) is 40.6 Å². The van der Waals surface area contributed by atoms with E-state index in [-0.39, 0.29) is 24.9 Å². The number of ether oxygens (including phenoxy) is 1. The first kappa shape index (κ1) is 21.2. The molecule has 0 fully saturated rings. The fourth-order valence-electron chi connectivity index (χ4n) is 3.99. The van der Waals surface area contributed by atoms with E-state index in [1.54, 1.807) is 11.4 Å². The number of thiophene rings is 1. The SMILES string of the molecule is CC(=O)c1sccc1C(O)C(O)CNC(=O)OCC1c2ccccc2-c2ccccc21. The molecule has 0 saturated carbocycles. The van der Waals surface area contributed by atoms with Crippen LogP contribution in [-0.4, -0.2) is 41.3 Å². The summed E-state index contributed by atoms with van der Waals surface area (Å²) >= 11 is 1.21. The summed E-state index contributed by atoms with van der Waals surface area (Å²) in [6.07, 6.45) is -3.22. The van der Waals surface area contributed by atoms with Crippen LogP contribution in [0.3, 0.4) is 0 Å². The lowest BCUT2D eigenvalue weighted by Crippen LogP contribution is -2.36. The molecule has 6 nitrogen and oxygen atoms in total. The molecule has 1 amide bonds. The van der Waals surface area contributed by atoms with Crippen molar-refractivity contribution in [3.8, 4) is 11.1 Å². The van der Waals surface area contributed by atoms with E-state index in [1.165, 1.54) is 18.3 Å². The summed E-state index contributed by atoms with van der Waals surface area (Å²) in [4.78, 5) is 24.3. The second-order valence-corrected chi connectivity index (χ2v) is 8.40. The van der Waals surface area contributed by atoms with Crippen LogP contribution in [0, 0.1) is 0 Å². The highest BCUT2D eigenvalue weighted by Gasteiger charge is 2.29. The summed E-state index contributed by atoms with van der Waals surface area (Å²) < 4.78 is 5.43. The van der Waals surface area contributed by atoms with Gasteiger partial charge in [-0.3, -0.25) is 4.79 Å². The molecular weight excluding hydrogens is 414 g/mol. The van der Waals surface area contributed by atoms with Crippen molar-refractivity contribution in [3.63, 3.8) is 0 Å². The average Bonchev–Trinajstić information content (AvgIpc) is 3.39. The lowest BCUT2D eigenvalue weighted by Gasteiger charge is -2.19. The molecule has 0 radical (unpaired) electrons. The number of benzene rings is 2. The zero-order valence-corrected chi connectivity index (χ0v) is 17.8. The van der Waals surface area contributed by atoms with Crippen LogP contribution >= 0.6 is 11.3 Å². The zero-order valence-electron chi connectivity index (χ0n) is 16.9. The number of rotatable bonds is 7. The molecule has 3 aromatic rings. The van der Waals surface area contributed by atoms with E-state index >= 15 is 0 Å². The minimum atomic E-state index is -1.28. The molecule has 160 valence electrons. The minimum absolute atomic E-state index is 0.0578. The number of hydrogen-bond acceptors (Lipinski definition) is 6. The molecule has 0 spiro atoms. The van der Waals surface area contributed by atoms with E-state index in [0.29, 0.717) is 10.4 Å². The number of hydrogen-bond donors (Lipinski definition) is 3. The van der Waals surface area contributed by atoms with Crippen molar-refractivity contribution in [3.05, 3.63) is 81.5 Å². The number of alkyl carbamates (subject to hydrolysis) is 1. The molecule has 0 aliphatic heterocycles. The fraction of sp³-hybridized carbons (Fsp3) is 0.250. The van der Waals surface area contributed by atoms with Crippen LogP contribution in [0.2, 0.25) is 0 Å². The molecule has 7 heteroatoms. The molecule has 2 atom stereocenters. The molecule has 0 saturated heterocycles. The Kier molecular flexibility index (Phi) is 6.18. The number of amides is 1. The largest absolute Gasteiger partial charge is 0.449 e. The molecule has 0 bridgehead atoms. The van der Waals surface area contributed by atoms with E-state index < -0.39 is 18.3 Å². The molecule has 1 aliphatic rings. The minimum Gasteiger partial charge on any atom is -0.449 e. The number of nitrogens with one attached hydrogen (secondary N) is 1. The van der Waals surface area contributed by atoms with Gasteiger partial charge in [0.1, 0.15) is 18.8 Å². The first-order chi connectivity index (χ1) is 15.0. The fourth-order valence-corrected chi connectivity index (χ4v) is 4.84. The van der Waals surface area contributed by atoms with E-state index in [4.69, 9.17) is 4.74 Å².